The number of anilines is 9. The lowest BCUT2D eigenvalue weighted by molar-refractivity contribution is 0.480. The Hall–Kier alpha value is -10.2. The van der Waals surface area contributed by atoms with Gasteiger partial charge in [-0.05, 0) is 176 Å². The maximum absolute atomic E-state index is 7.67. The lowest BCUT2D eigenvalue weighted by Crippen LogP contribution is -2.64. The predicted octanol–water partition coefficient (Wildman–Crippen LogP) is 15.2. The van der Waals surface area contributed by atoms with E-state index in [2.05, 4.69) is 229 Å². The summed E-state index contributed by atoms with van der Waals surface area (Å²) in [5.41, 5.74) is 22.0. The highest BCUT2D eigenvalue weighted by atomic mass is 16.5. The molecule has 0 unspecified atom stereocenters. The molecular formula is C73H49B2N3O3. The number of ether oxygens (including phenoxy) is 3. The monoisotopic (exact) mass is 1040 g/mol. The van der Waals surface area contributed by atoms with Gasteiger partial charge in [-0.1, -0.05) is 153 Å². The van der Waals surface area contributed by atoms with Gasteiger partial charge in [0.05, 0.1) is 0 Å². The van der Waals surface area contributed by atoms with E-state index in [1.54, 1.807) is 0 Å². The number of rotatable bonds is 7. The Bertz CT molecular complexity index is 4560. The van der Waals surface area contributed by atoms with Crippen LogP contribution in [0.5, 0.6) is 34.5 Å². The second kappa shape index (κ2) is 17.4. The maximum atomic E-state index is 7.67. The predicted molar refractivity (Wildman–Crippen MR) is 334 cm³/mol. The van der Waals surface area contributed by atoms with E-state index in [9.17, 15) is 0 Å². The van der Waals surface area contributed by atoms with Crippen LogP contribution in [-0.2, 0) is 5.41 Å². The zero-order valence-corrected chi connectivity index (χ0v) is 44.5. The van der Waals surface area contributed by atoms with Crippen molar-refractivity contribution in [2.45, 2.75) is 19.3 Å². The Kier molecular flexibility index (Phi) is 9.85. The van der Waals surface area contributed by atoms with E-state index in [0.717, 1.165) is 96.0 Å². The fraction of sp³-hybridized carbons (Fsp3) is 0.0411. The van der Waals surface area contributed by atoms with Crippen molar-refractivity contribution in [2.75, 3.05) is 14.7 Å². The number of hydrogen-bond donors (Lipinski definition) is 0. The molecule has 0 amide bonds. The largest absolute Gasteiger partial charge is 0.458 e. The highest BCUT2D eigenvalue weighted by molar-refractivity contribution is 7.02. The van der Waals surface area contributed by atoms with Crippen LogP contribution in [0, 0.1) is 0 Å². The van der Waals surface area contributed by atoms with Crippen LogP contribution < -0.4 is 61.7 Å². The van der Waals surface area contributed by atoms with Crippen molar-refractivity contribution in [1.82, 2.24) is 0 Å². The van der Waals surface area contributed by atoms with E-state index >= 15 is 0 Å². The van der Waals surface area contributed by atoms with Crippen molar-refractivity contribution in [3.63, 3.8) is 0 Å². The van der Waals surface area contributed by atoms with Crippen molar-refractivity contribution >= 4 is 108 Å². The van der Waals surface area contributed by atoms with Crippen LogP contribution in [-0.4, -0.2) is 13.4 Å². The minimum absolute atomic E-state index is 0.145. The molecule has 0 spiro atoms. The Balaban J connectivity index is 0.939. The molecule has 5 aliphatic rings. The summed E-state index contributed by atoms with van der Waals surface area (Å²) in [6, 6.07) is 93.7. The summed E-state index contributed by atoms with van der Waals surface area (Å²) >= 11 is 0. The molecule has 0 fully saturated rings. The van der Waals surface area contributed by atoms with Gasteiger partial charge in [0.15, 0.2) is 0 Å². The van der Waals surface area contributed by atoms with Crippen molar-refractivity contribution in [1.29, 1.82) is 0 Å². The molecule has 0 bridgehead atoms. The van der Waals surface area contributed by atoms with Crippen LogP contribution in [0.25, 0.3) is 21.9 Å². The molecule has 1 aliphatic carbocycles. The summed E-state index contributed by atoms with van der Waals surface area (Å²) in [5, 5.41) is 2.06. The van der Waals surface area contributed by atoms with Gasteiger partial charge in [0.25, 0.3) is 13.4 Å². The van der Waals surface area contributed by atoms with Gasteiger partial charge < -0.3 is 28.9 Å². The number of fused-ring (bicyclic) bond motifs is 14. The summed E-state index contributed by atoms with van der Waals surface area (Å²) in [7, 11) is 0. The molecule has 8 heteroatoms. The van der Waals surface area contributed by atoms with E-state index in [1.165, 1.54) is 55.5 Å². The Morgan fingerprint density at radius 3 is 1.51 bits per heavy atom. The van der Waals surface area contributed by atoms with Crippen molar-refractivity contribution < 1.29 is 14.2 Å². The van der Waals surface area contributed by atoms with Gasteiger partial charge in [-0.25, -0.2) is 0 Å². The fourth-order valence-electron chi connectivity index (χ4n) is 14.1. The summed E-state index contributed by atoms with van der Waals surface area (Å²) in [6.45, 7) is 4.50. The molecule has 0 N–H and O–H groups in total. The average molecular weight is 1040 g/mol. The lowest BCUT2D eigenvalue weighted by atomic mass is 9.30. The van der Waals surface area contributed by atoms with E-state index < -0.39 is 5.41 Å². The zero-order valence-electron chi connectivity index (χ0n) is 44.5. The third-order valence-electron chi connectivity index (χ3n) is 17.5. The van der Waals surface area contributed by atoms with E-state index in [-0.39, 0.29) is 13.4 Å². The van der Waals surface area contributed by atoms with Gasteiger partial charge in [-0.3, -0.25) is 0 Å². The van der Waals surface area contributed by atoms with Gasteiger partial charge in [-0.2, -0.15) is 0 Å². The second-order valence-corrected chi connectivity index (χ2v) is 22.3. The van der Waals surface area contributed by atoms with E-state index in [1.807, 2.05) is 60.7 Å². The molecule has 0 saturated carbocycles. The van der Waals surface area contributed by atoms with Crippen LogP contribution in [0.15, 0.2) is 261 Å². The number of benzene rings is 12. The first-order chi connectivity index (χ1) is 39.9. The standard InChI is InChI=1S/C73H49B2N3O3/c1-73(2)57-42-53(80-51-30-16-7-17-31-51)37-39-55(57)56-43-66-69-71(68(56)73)78(49-26-12-5-13-27-49)63-35-21-19-33-59(63)74(69)60-44-61-67(45-64(60)77(66)48-24-10-4-11-25-48)81-72-54-38-36-52(79-50-28-14-6-15-29-50)40-46(54)41-65-70(72)75(61)58-32-18-20-34-62(58)76(65)47-22-8-3-9-23-47/h3-45H,1-2H3. The van der Waals surface area contributed by atoms with Gasteiger partial charge in [0, 0.05) is 68.1 Å². The lowest BCUT2D eigenvalue weighted by Gasteiger charge is -2.47. The Morgan fingerprint density at radius 1 is 0.370 bits per heavy atom. The zero-order chi connectivity index (χ0) is 53.5. The molecular weight excluding hydrogens is 988 g/mol. The molecule has 81 heavy (non-hydrogen) atoms. The van der Waals surface area contributed by atoms with E-state index in [0.29, 0.717) is 0 Å². The highest BCUT2D eigenvalue weighted by Crippen LogP contribution is 2.58. The van der Waals surface area contributed by atoms with Gasteiger partial charge >= 0.3 is 0 Å². The van der Waals surface area contributed by atoms with E-state index in [4.69, 9.17) is 14.2 Å². The number of hydrogen-bond acceptors (Lipinski definition) is 6. The first-order valence-corrected chi connectivity index (χ1v) is 28.0. The topological polar surface area (TPSA) is 37.4 Å². The van der Waals surface area contributed by atoms with Gasteiger partial charge in [0.1, 0.15) is 34.5 Å². The van der Waals surface area contributed by atoms with Crippen molar-refractivity contribution in [3.8, 4) is 45.6 Å². The molecule has 0 atom stereocenters. The molecule has 6 nitrogen and oxygen atoms in total. The summed E-state index contributed by atoms with van der Waals surface area (Å²) < 4.78 is 20.8. The second-order valence-electron chi connectivity index (χ2n) is 22.3. The fourth-order valence-corrected chi connectivity index (χ4v) is 14.1. The SMILES string of the molecule is CC1(C)c2cc(Oc3ccccc3)ccc2-c2cc3c4c(c21)N(c1ccccc1)c1ccccc1B4c1cc2c(cc1N3c1ccccc1)Oc1c3c(cc4cc(Oc5ccccc5)ccc14)N(c1ccccc1)c1ccccc1B23. The minimum atomic E-state index is -0.426. The number of nitrogens with zero attached hydrogens (tertiary/aromatic N) is 3. The minimum Gasteiger partial charge on any atom is -0.458 e. The molecule has 4 heterocycles. The highest BCUT2D eigenvalue weighted by Gasteiger charge is 2.51. The molecule has 0 saturated heterocycles. The van der Waals surface area contributed by atoms with Crippen LogP contribution in [0.4, 0.5) is 51.2 Å². The van der Waals surface area contributed by atoms with Crippen molar-refractivity contribution in [2.24, 2.45) is 0 Å². The molecule has 12 aromatic rings. The van der Waals surface area contributed by atoms with Crippen LogP contribution >= 0.6 is 0 Å². The molecule has 380 valence electrons. The van der Waals surface area contributed by atoms with Crippen molar-refractivity contribution in [3.05, 3.63) is 272 Å². The molecule has 0 aromatic heterocycles. The first-order valence-electron chi connectivity index (χ1n) is 28.0. The Labute approximate surface area is 471 Å². The smallest absolute Gasteiger partial charge is 0.256 e. The Morgan fingerprint density at radius 2 is 0.877 bits per heavy atom. The normalized spacial score (nSPS) is 14.1. The molecule has 4 aliphatic heterocycles. The van der Waals surface area contributed by atoms with Crippen LogP contribution in [0.1, 0.15) is 25.0 Å². The third-order valence-corrected chi connectivity index (χ3v) is 17.5. The maximum Gasteiger partial charge on any atom is 0.256 e. The summed E-state index contributed by atoms with van der Waals surface area (Å²) in [5.74, 6) is 4.89. The number of para-hydroxylation sites is 7. The molecule has 0 radical (unpaired) electrons. The van der Waals surface area contributed by atoms with Gasteiger partial charge in [-0.15, -0.1) is 0 Å². The van der Waals surface area contributed by atoms with Crippen LogP contribution in [0.3, 0.4) is 0 Å². The third kappa shape index (κ3) is 6.77. The summed E-state index contributed by atoms with van der Waals surface area (Å²) in [6.07, 6.45) is 0. The quantitative estimate of drug-likeness (QED) is 0.148. The average Bonchev–Trinajstić information content (AvgIpc) is 2.83. The molecule has 12 aromatic carbocycles. The molecule has 17 rings (SSSR count). The first kappa shape index (κ1) is 45.8. The van der Waals surface area contributed by atoms with Gasteiger partial charge in [0.2, 0.25) is 0 Å². The van der Waals surface area contributed by atoms with Crippen LogP contribution in [0.2, 0.25) is 0 Å². The summed E-state index contributed by atoms with van der Waals surface area (Å²) in [4.78, 5) is 7.51.